The van der Waals surface area contributed by atoms with Crippen LogP contribution in [0.1, 0.15) is 10.4 Å². The summed E-state index contributed by atoms with van der Waals surface area (Å²) in [7, 11) is 1.26. The minimum absolute atomic E-state index is 0.131. The number of methoxy groups -OCH3 is 1. The van der Waals surface area contributed by atoms with Crippen molar-refractivity contribution in [3.63, 3.8) is 0 Å². The summed E-state index contributed by atoms with van der Waals surface area (Å²) in [6.45, 7) is -0.131. The van der Waals surface area contributed by atoms with Crippen LogP contribution in [0.15, 0.2) is 22.7 Å². The van der Waals surface area contributed by atoms with E-state index >= 15 is 0 Å². The largest absolute Gasteiger partial charge is 0.479 e. The number of nitrogens with one attached hydrogen (secondary N) is 1. The molecule has 1 rings (SSSR count). The van der Waals surface area contributed by atoms with Crippen molar-refractivity contribution in [1.29, 1.82) is 0 Å². The second kappa shape index (κ2) is 6.72. The van der Waals surface area contributed by atoms with Crippen LogP contribution in [0.5, 0.6) is 0 Å². The predicted octanol–water partition coefficient (Wildman–Crippen LogP) is 1.93. The number of ether oxygens (including phenoxy) is 1. The van der Waals surface area contributed by atoms with E-state index in [1.165, 1.54) is 7.11 Å². The van der Waals surface area contributed by atoms with Gasteiger partial charge in [-0.1, -0.05) is 17.7 Å². The van der Waals surface area contributed by atoms with Gasteiger partial charge in [0, 0.05) is 11.6 Å². The van der Waals surface area contributed by atoms with Gasteiger partial charge < -0.3 is 15.2 Å². The number of hydrogen-bond donors (Lipinski definition) is 2. The molecule has 5 nitrogen and oxygen atoms in total. The normalized spacial score (nSPS) is 11.9. The summed E-state index contributed by atoms with van der Waals surface area (Å²) in [5.74, 6) is -1.59. The average Bonchev–Trinajstić information content (AvgIpc) is 2.32. The molecule has 1 atom stereocenters. The van der Waals surface area contributed by atoms with E-state index in [0.29, 0.717) is 4.47 Å². The molecule has 0 radical (unpaired) electrons. The van der Waals surface area contributed by atoms with Gasteiger partial charge in [-0.25, -0.2) is 4.79 Å². The Morgan fingerprint density at radius 2 is 2.22 bits per heavy atom. The molecule has 0 aliphatic heterocycles. The second-order valence-corrected chi connectivity index (χ2v) is 4.61. The Morgan fingerprint density at radius 3 is 2.78 bits per heavy atom. The van der Waals surface area contributed by atoms with Crippen LogP contribution in [0.2, 0.25) is 5.02 Å². The summed E-state index contributed by atoms with van der Waals surface area (Å²) in [4.78, 5) is 22.5. The fourth-order valence-electron chi connectivity index (χ4n) is 1.23. The first-order valence-electron chi connectivity index (χ1n) is 4.95. The van der Waals surface area contributed by atoms with Crippen LogP contribution < -0.4 is 5.32 Å². The van der Waals surface area contributed by atoms with E-state index in [0.717, 1.165) is 0 Å². The molecule has 98 valence electrons. The molecule has 1 amide bonds. The summed E-state index contributed by atoms with van der Waals surface area (Å²) >= 11 is 9.15. The van der Waals surface area contributed by atoms with Crippen molar-refractivity contribution >= 4 is 39.4 Å². The Morgan fingerprint density at radius 1 is 1.56 bits per heavy atom. The summed E-state index contributed by atoms with van der Waals surface area (Å²) in [5.41, 5.74) is 0.270. The van der Waals surface area contributed by atoms with Gasteiger partial charge in [-0.2, -0.15) is 0 Å². The van der Waals surface area contributed by atoms with Crippen LogP contribution in [0.25, 0.3) is 0 Å². The third-order valence-electron chi connectivity index (χ3n) is 2.20. The van der Waals surface area contributed by atoms with Crippen molar-refractivity contribution in [3.05, 3.63) is 33.3 Å². The number of benzene rings is 1. The van der Waals surface area contributed by atoms with Crippen LogP contribution >= 0.6 is 27.5 Å². The monoisotopic (exact) mass is 335 g/mol. The lowest BCUT2D eigenvalue weighted by molar-refractivity contribution is -0.147. The Balaban J connectivity index is 2.71. The van der Waals surface area contributed by atoms with E-state index in [4.69, 9.17) is 21.4 Å². The van der Waals surface area contributed by atoms with Gasteiger partial charge in [0.1, 0.15) is 0 Å². The molecule has 0 fully saturated rings. The first-order valence-corrected chi connectivity index (χ1v) is 6.12. The van der Waals surface area contributed by atoms with Crippen molar-refractivity contribution in [2.45, 2.75) is 6.10 Å². The summed E-state index contributed by atoms with van der Waals surface area (Å²) in [5, 5.41) is 11.5. The van der Waals surface area contributed by atoms with Gasteiger partial charge in [-0.15, -0.1) is 0 Å². The van der Waals surface area contributed by atoms with Crippen LogP contribution in [0.3, 0.4) is 0 Å². The van der Waals surface area contributed by atoms with Gasteiger partial charge in [0.25, 0.3) is 5.91 Å². The first-order chi connectivity index (χ1) is 8.47. The number of halogens is 2. The molecule has 0 bridgehead atoms. The van der Waals surface area contributed by atoms with Crippen LogP contribution in [0, 0.1) is 0 Å². The van der Waals surface area contributed by atoms with E-state index in [1.807, 2.05) is 0 Å². The van der Waals surface area contributed by atoms with Gasteiger partial charge in [0.05, 0.1) is 17.1 Å². The molecule has 2 N–H and O–H groups in total. The van der Waals surface area contributed by atoms with E-state index in [-0.39, 0.29) is 17.1 Å². The lowest BCUT2D eigenvalue weighted by Gasteiger charge is -2.12. The van der Waals surface area contributed by atoms with Gasteiger partial charge >= 0.3 is 5.97 Å². The molecule has 18 heavy (non-hydrogen) atoms. The fraction of sp³-hybridized carbons (Fsp3) is 0.273. The van der Waals surface area contributed by atoms with Crippen LogP contribution in [-0.4, -0.2) is 36.7 Å². The molecule has 0 heterocycles. The topological polar surface area (TPSA) is 75.6 Å². The molecule has 7 heteroatoms. The SMILES string of the molecule is COC(CNC(=O)c1cccc(Br)c1Cl)C(=O)O. The zero-order valence-electron chi connectivity index (χ0n) is 9.44. The first kappa shape index (κ1) is 14.9. The van der Waals surface area contributed by atoms with Crippen molar-refractivity contribution in [2.75, 3.05) is 13.7 Å². The number of carbonyl (C=O) groups excluding carboxylic acids is 1. The molecule has 0 aliphatic rings. The Bertz CT molecular complexity index is 466. The number of carboxylic acid groups (broad SMARTS) is 1. The molecule has 0 aromatic heterocycles. The van der Waals surface area contributed by atoms with Crippen molar-refractivity contribution in [1.82, 2.24) is 5.32 Å². The highest BCUT2D eigenvalue weighted by Crippen LogP contribution is 2.25. The van der Waals surface area contributed by atoms with E-state index in [2.05, 4.69) is 21.2 Å². The highest BCUT2D eigenvalue weighted by atomic mass is 79.9. The molecule has 1 aromatic carbocycles. The highest BCUT2D eigenvalue weighted by Gasteiger charge is 2.19. The molecule has 0 spiro atoms. The summed E-state index contributed by atoms with van der Waals surface area (Å²) in [6.07, 6.45) is -1.08. The van der Waals surface area contributed by atoms with Gasteiger partial charge in [0.15, 0.2) is 6.10 Å². The van der Waals surface area contributed by atoms with E-state index in [9.17, 15) is 9.59 Å². The zero-order valence-corrected chi connectivity index (χ0v) is 11.8. The lowest BCUT2D eigenvalue weighted by atomic mass is 10.2. The number of amides is 1. The molecule has 0 saturated carbocycles. The van der Waals surface area contributed by atoms with E-state index in [1.54, 1.807) is 18.2 Å². The standard InChI is InChI=1S/C11H11BrClNO4/c1-18-8(11(16)17)5-14-10(15)6-3-2-4-7(12)9(6)13/h2-4,8H,5H2,1H3,(H,14,15)(H,16,17). The van der Waals surface area contributed by atoms with Gasteiger partial charge in [-0.3, -0.25) is 4.79 Å². The Labute approximate surface area is 117 Å². The zero-order chi connectivity index (χ0) is 13.7. The summed E-state index contributed by atoms with van der Waals surface area (Å²) < 4.78 is 5.29. The van der Waals surface area contributed by atoms with Gasteiger partial charge in [-0.05, 0) is 28.1 Å². The van der Waals surface area contributed by atoms with E-state index < -0.39 is 18.0 Å². The maximum Gasteiger partial charge on any atom is 0.334 e. The number of carbonyl (C=O) groups is 2. The minimum Gasteiger partial charge on any atom is -0.479 e. The Hall–Kier alpha value is -1.11. The second-order valence-electron chi connectivity index (χ2n) is 3.37. The van der Waals surface area contributed by atoms with Crippen molar-refractivity contribution in [3.8, 4) is 0 Å². The number of carboxylic acids is 1. The quantitative estimate of drug-likeness (QED) is 0.861. The third kappa shape index (κ3) is 3.69. The lowest BCUT2D eigenvalue weighted by Crippen LogP contribution is -2.37. The third-order valence-corrected chi connectivity index (χ3v) is 3.50. The maximum atomic E-state index is 11.8. The maximum absolute atomic E-state index is 11.8. The van der Waals surface area contributed by atoms with Gasteiger partial charge in [0.2, 0.25) is 0 Å². The Kier molecular flexibility index (Phi) is 5.58. The smallest absolute Gasteiger partial charge is 0.334 e. The molecular weight excluding hydrogens is 325 g/mol. The van der Waals surface area contributed by atoms with Crippen LogP contribution in [-0.2, 0) is 9.53 Å². The number of rotatable bonds is 5. The van der Waals surface area contributed by atoms with Crippen molar-refractivity contribution in [2.24, 2.45) is 0 Å². The molecule has 0 saturated heterocycles. The molecule has 0 aliphatic carbocycles. The highest BCUT2D eigenvalue weighted by molar-refractivity contribution is 9.10. The predicted molar refractivity (Wildman–Crippen MR) is 69.9 cm³/mol. The molecular formula is C11H11BrClNO4. The molecule has 1 unspecified atom stereocenters. The molecule has 1 aromatic rings. The van der Waals surface area contributed by atoms with Crippen LogP contribution in [0.4, 0.5) is 0 Å². The number of aliphatic carboxylic acids is 1. The fourth-order valence-corrected chi connectivity index (χ4v) is 1.81. The summed E-state index contributed by atoms with van der Waals surface area (Å²) in [6, 6.07) is 4.91. The number of hydrogen-bond acceptors (Lipinski definition) is 3. The van der Waals surface area contributed by atoms with Crippen molar-refractivity contribution < 1.29 is 19.4 Å². The minimum atomic E-state index is -1.14. The average molecular weight is 337 g/mol.